The Hall–Kier alpha value is -1.79. The number of hydrogen-bond acceptors (Lipinski definition) is 2. The minimum atomic E-state index is 0.660. The van der Waals surface area contributed by atoms with Crippen LogP contribution in [0.15, 0.2) is 40.9 Å². The maximum atomic E-state index is 9.09. The smallest absolute Gasteiger partial charge is 0.101 e. The quantitative estimate of drug-likeness (QED) is 0.902. The number of anilines is 1. The lowest BCUT2D eigenvalue weighted by Gasteiger charge is -2.10. The molecule has 1 N–H and O–H groups in total. The van der Waals surface area contributed by atoms with E-state index in [4.69, 9.17) is 5.26 Å². The summed E-state index contributed by atoms with van der Waals surface area (Å²) in [6, 6.07) is 14.3. The van der Waals surface area contributed by atoms with Gasteiger partial charge in [0.2, 0.25) is 0 Å². The van der Waals surface area contributed by atoms with Gasteiger partial charge < -0.3 is 5.32 Å². The predicted molar refractivity (Wildman–Crippen MR) is 82.1 cm³/mol. The molecule has 0 unspecified atom stereocenters. The van der Waals surface area contributed by atoms with Gasteiger partial charge in [-0.15, -0.1) is 0 Å². The molecule has 0 bridgehead atoms. The minimum absolute atomic E-state index is 0.660. The van der Waals surface area contributed by atoms with Gasteiger partial charge in [0, 0.05) is 11.0 Å². The van der Waals surface area contributed by atoms with Crippen molar-refractivity contribution < 1.29 is 0 Å². The van der Waals surface area contributed by atoms with E-state index in [1.54, 1.807) is 0 Å². The van der Waals surface area contributed by atoms with E-state index in [-0.39, 0.29) is 0 Å². The van der Waals surface area contributed by atoms with Gasteiger partial charge >= 0.3 is 0 Å². The summed E-state index contributed by atoms with van der Waals surface area (Å²) in [5.74, 6) is 0. The zero-order chi connectivity index (χ0) is 13.8. The van der Waals surface area contributed by atoms with Crippen molar-refractivity contribution in [2.45, 2.75) is 20.4 Å². The maximum Gasteiger partial charge on any atom is 0.101 e. The molecular weight excluding hydrogens is 300 g/mol. The molecule has 0 atom stereocenters. The Kier molecular flexibility index (Phi) is 4.24. The van der Waals surface area contributed by atoms with Gasteiger partial charge in [-0.1, -0.05) is 45.3 Å². The fourth-order valence-corrected chi connectivity index (χ4v) is 2.49. The van der Waals surface area contributed by atoms with Crippen LogP contribution in [0.1, 0.15) is 22.3 Å². The van der Waals surface area contributed by atoms with E-state index in [2.05, 4.69) is 59.4 Å². The van der Waals surface area contributed by atoms with Gasteiger partial charge in [-0.3, -0.25) is 0 Å². The molecule has 2 rings (SSSR count). The molecule has 0 fully saturated rings. The van der Waals surface area contributed by atoms with Crippen LogP contribution in [0.2, 0.25) is 0 Å². The first-order valence-corrected chi connectivity index (χ1v) is 6.88. The van der Waals surface area contributed by atoms with Crippen molar-refractivity contribution >= 4 is 21.6 Å². The molecule has 2 aromatic rings. The first-order chi connectivity index (χ1) is 9.08. The molecule has 0 aromatic heterocycles. The number of halogens is 1. The standard InChI is InChI=1S/C16H15BrN2/c1-11-5-12(2)7-13(6-11)10-19-16-8-15(17)4-3-14(16)9-18/h3-8,19H,10H2,1-2H3. The molecule has 96 valence electrons. The van der Waals surface area contributed by atoms with Crippen LogP contribution in [0.4, 0.5) is 5.69 Å². The minimum Gasteiger partial charge on any atom is -0.380 e. The summed E-state index contributed by atoms with van der Waals surface area (Å²) >= 11 is 3.43. The van der Waals surface area contributed by atoms with Crippen LogP contribution in [-0.4, -0.2) is 0 Å². The second-order valence-corrected chi connectivity index (χ2v) is 5.57. The van der Waals surface area contributed by atoms with E-state index >= 15 is 0 Å². The van der Waals surface area contributed by atoms with Gasteiger partial charge in [0.25, 0.3) is 0 Å². The van der Waals surface area contributed by atoms with Crippen LogP contribution in [0, 0.1) is 25.2 Å². The van der Waals surface area contributed by atoms with Crippen LogP contribution in [0.25, 0.3) is 0 Å². The predicted octanol–water partition coefficient (Wildman–Crippen LogP) is 4.55. The fraction of sp³-hybridized carbons (Fsp3) is 0.188. The second-order valence-electron chi connectivity index (χ2n) is 4.65. The highest BCUT2D eigenvalue weighted by Gasteiger charge is 2.03. The third kappa shape index (κ3) is 3.59. The topological polar surface area (TPSA) is 35.8 Å². The molecule has 0 saturated heterocycles. The highest BCUT2D eigenvalue weighted by molar-refractivity contribution is 9.10. The van der Waals surface area contributed by atoms with Crippen molar-refractivity contribution in [3.8, 4) is 6.07 Å². The normalized spacial score (nSPS) is 10.0. The Morgan fingerprint density at radius 3 is 2.42 bits per heavy atom. The molecule has 2 aromatic carbocycles. The monoisotopic (exact) mass is 314 g/mol. The summed E-state index contributed by atoms with van der Waals surface area (Å²) < 4.78 is 0.967. The number of nitrogens with zero attached hydrogens (tertiary/aromatic N) is 1. The Morgan fingerprint density at radius 1 is 1.11 bits per heavy atom. The van der Waals surface area contributed by atoms with E-state index in [1.165, 1.54) is 16.7 Å². The van der Waals surface area contributed by atoms with E-state index in [1.807, 2.05) is 18.2 Å². The van der Waals surface area contributed by atoms with E-state index < -0.39 is 0 Å². The van der Waals surface area contributed by atoms with E-state index in [0.717, 1.165) is 10.2 Å². The van der Waals surface area contributed by atoms with Crippen LogP contribution >= 0.6 is 15.9 Å². The zero-order valence-electron chi connectivity index (χ0n) is 11.0. The summed E-state index contributed by atoms with van der Waals surface area (Å²) in [5.41, 5.74) is 5.25. The van der Waals surface area contributed by atoms with Crippen molar-refractivity contribution in [2.24, 2.45) is 0 Å². The van der Waals surface area contributed by atoms with Crippen molar-refractivity contribution in [1.29, 1.82) is 5.26 Å². The van der Waals surface area contributed by atoms with Gasteiger partial charge in [0.05, 0.1) is 11.3 Å². The molecule has 0 amide bonds. The molecule has 0 aliphatic heterocycles. The lowest BCUT2D eigenvalue weighted by molar-refractivity contribution is 1.13. The van der Waals surface area contributed by atoms with Gasteiger partial charge in [0.15, 0.2) is 0 Å². The average Bonchev–Trinajstić information content (AvgIpc) is 2.35. The van der Waals surface area contributed by atoms with Crippen LogP contribution in [0.5, 0.6) is 0 Å². The molecule has 0 aliphatic carbocycles. The molecule has 0 radical (unpaired) electrons. The summed E-state index contributed by atoms with van der Waals surface area (Å²) in [7, 11) is 0. The number of nitriles is 1. The highest BCUT2D eigenvalue weighted by Crippen LogP contribution is 2.21. The van der Waals surface area contributed by atoms with Crippen LogP contribution in [-0.2, 0) is 6.54 Å². The van der Waals surface area contributed by atoms with Crippen LogP contribution in [0.3, 0.4) is 0 Å². The van der Waals surface area contributed by atoms with Gasteiger partial charge in [-0.2, -0.15) is 5.26 Å². The maximum absolute atomic E-state index is 9.09. The molecule has 2 nitrogen and oxygen atoms in total. The third-order valence-corrected chi connectivity index (χ3v) is 3.36. The van der Waals surface area contributed by atoms with E-state index in [9.17, 15) is 0 Å². The van der Waals surface area contributed by atoms with Crippen molar-refractivity contribution in [3.63, 3.8) is 0 Å². The highest BCUT2D eigenvalue weighted by atomic mass is 79.9. The second kappa shape index (κ2) is 5.90. The number of aryl methyl sites for hydroxylation is 2. The number of hydrogen-bond donors (Lipinski definition) is 1. The molecule has 0 aliphatic rings. The Morgan fingerprint density at radius 2 is 1.79 bits per heavy atom. The van der Waals surface area contributed by atoms with Crippen molar-refractivity contribution in [2.75, 3.05) is 5.32 Å². The molecule has 19 heavy (non-hydrogen) atoms. The average molecular weight is 315 g/mol. The van der Waals surface area contributed by atoms with Crippen molar-refractivity contribution in [3.05, 3.63) is 63.1 Å². The van der Waals surface area contributed by atoms with Gasteiger partial charge in [-0.05, 0) is 37.6 Å². The van der Waals surface area contributed by atoms with E-state index in [0.29, 0.717) is 12.1 Å². The molecule has 0 saturated carbocycles. The summed E-state index contributed by atoms with van der Waals surface area (Å²) in [6.07, 6.45) is 0. The first-order valence-electron chi connectivity index (χ1n) is 6.09. The van der Waals surface area contributed by atoms with Crippen LogP contribution < -0.4 is 5.32 Å². The summed E-state index contributed by atoms with van der Waals surface area (Å²) in [4.78, 5) is 0. The van der Waals surface area contributed by atoms with Crippen molar-refractivity contribution in [1.82, 2.24) is 0 Å². The number of nitrogens with one attached hydrogen (secondary N) is 1. The fourth-order valence-electron chi connectivity index (χ4n) is 2.13. The summed E-state index contributed by atoms with van der Waals surface area (Å²) in [6.45, 7) is 4.90. The number of benzene rings is 2. The number of rotatable bonds is 3. The van der Waals surface area contributed by atoms with Gasteiger partial charge in [0.1, 0.15) is 6.07 Å². The first kappa shape index (κ1) is 13.6. The summed E-state index contributed by atoms with van der Waals surface area (Å²) in [5, 5.41) is 12.4. The van der Waals surface area contributed by atoms with Gasteiger partial charge in [-0.25, -0.2) is 0 Å². The molecule has 3 heteroatoms. The lowest BCUT2D eigenvalue weighted by atomic mass is 10.1. The molecular formula is C16H15BrN2. The third-order valence-electron chi connectivity index (χ3n) is 2.87. The Labute approximate surface area is 122 Å². The lowest BCUT2D eigenvalue weighted by Crippen LogP contribution is -2.02. The molecule has 0 heterocycles. The zero-order valence-corrected chi connectivity index (χ0v) is 12.6. The Balaban J connectivity index is 2.19. The Bertz CT molecular complexity index is 621. The largest absolute Gasteiger partial charge is 0.380 e. The SMILES string of the molecule is Cc1cc(C)cc(CNc2cc(Br)ccc2C#N)c1. The molecule has 0 spiro atoms.